The molecule has 0 aliphatic heterocycles. The van der Waals surface area contributed by atoms with Crippen LogP contribution >= 0.6 is 11.6 Å². The first-order valence-corrected chi connectivity index (χ1v) is 7.28. The fourth-order valence-corrected chi connectivity index (χ4v) is 1.92. The van der Waals surface area contributed by atoms with Gasteiger partial charge in [0.25, 0.3) is 5.91 Å². The average molecular weight is 338 g/mol. The van der Waals surface area contributed by atoms with Gasteiger partial charge in [-0.25, -0.2) is 0 Å². The van der Waals surface area contributed by atoms with Crippen molar-refractivity contribution in [3.8, 4) is 17.9 Å². The summed E-state index contributed by atoms with van der Waals surface area (Å²) in [5, 5.41) is 20.7. The smallest absolute Gasteiger partial charge is 0.262 e. The SMILES string of the molecule is N#CC(C#N)=Cc1ccc(NC(=O)COc2ccc(Cl)cc2)cc1. The zero-order valence-corrected chi connectivity index (χ0v) is 13.2. The monoisotopic (exact) mass is 337 g/mol. The third-order valence-corrected chi connectivity index (χ3v) is 3.18. The number of carbonyl (C=O) groups is 1. The third-order valence-electron chi connectivity index (χ3n) is 2.93. The zero-order chi connectivity index (χ0) is 17.4. The summed E-state index contributed by atoms with van der Waals surface area (Å²) in [5.74, 6) is 0.249. The number of nitriles is 2. The second kappa shape index (κ2) is 8.38. The molecule has 0 fully saturated rings. The van der Waals surface area contributed by atoms with Crippen LogP contribution in [-0.4, -0.2) is 12.5 Å². The Morgan fingerprint density at radius 2 is 1.71 bits per heavy atom. The number of hydrogen-bond acceptors (Lipinski definition) is 4. The highest BCUT2D eigenvalue weighted by molar-refractivity contribution is 6.30. The van der Waals surface area contributed by atoms with E-state index in [2.05, 4.69) is 5.32 Å². The van der Waals surface area contributed by atoms with Gasteiger partial charge in [-0.15, -0.1) is 0 Å². The van der Waals surface area contributed by atoms with E-state index in [-0.39, 0.29) is 18.1 Å². The molecule has 6 heteroatoms. The number of benzene rings is 2. The summed E-state index contributed by atoms with van der Waals surface area (Å²) in [6.07, 6.45) is 1.47. The molecular weight excluding hydrogens is 326 g/mol. The molecule has 0 saturated heterocycles. The molecule has 5 nitrogen and oxygen atoms in total. The summed E-state index contributed by atoms with van der Waals surface area (Å²) in [6.45, 7) is -0.129. The Balaban J connectivity index is 1.90. The van der Waals surface area contributed by atoms with Gasteiger partial charge in [0.05, 0.1) is 0 Å². The molecule has 2 rings (SSSR count). The van der Waals surface area contributed by atoms with E-state index in [1.54, 1.807) is 60.7 Å². The molecule has 118 valence electrons. The average Bonchev–Trinajstić information content (AvgIpc) is 2.60. The molecular formula is C18H12ClN3O2. The minimum Gasteiger partial charge on any atom is -0.484 e. The fraction of sp³-hybridized carbons (Fsp3) is 0.0556. The highest BCUT2D eigenvalue weighted by Gasteiger charge is 2.04. The topological polar surface area (TPSA) is 85.9 Å². The third kappa shape index (κ3) is 5.17. The number of ether oxygens (including phenoxy) is 1. The Morgan fingerprint density at radius 1 is 1.08 bits per heavy atom. The van der Waals surface area contributed by atoms with E-state index in [0.29, 0.717) is 22.0 Å². The minimum atomic E-state index is -0.303. The van der Waals surface area contributed by atoms with Crippen LogP contribution in [0, 0.1) is 22.7 Å². The molecule has 2 aromatic rings. The quantitative estimate of drug-likeness (QED) is 0.841. The first kappa shape index (κ1) is 17.1. The molecule has 0 aromatic heterocycles. The van der Waals surface area contributed by atoms with Gasteiger partial charge in [0, 0.05) is 10.7 Å². The van der Waals surface area contributed by atoms with Crippen LogP contribution in [-0.2, 0) is 4.79 Å². The summed E-state index contributed by atoms with van der Waals surface area (Å²) in [6, 6.07) is 17.0. The first-order chi connectivity index (χ1) is 11.6. The normalized spacial score (nSPS) is 9.29. The van der Waals surface area contributed by atoms with Crippen molar-refractivity contribution in [3.63, 3.8) is 0 Å². The van der Waals surface area contributed by atoms with E-state index in [4.69, 9.17) is 26.9 Å². The Hall–Kier alpha value is -3.28. The van der Waals surface area contributed by atoms with Crippen LogP contribution in [0.3, 0.4) is 0 Å². The number of anilines is 1. The molecule has 0 atom stereocenters. The van der Waals surface area contributed by atoms with Crippen LogP contribution < -0.4 is 10.1 Å². The Labute approximate surface area is 144 Å². The lowest BCUT2D eigenvalue weighted by atomic mass is 10.1. The maximum absolute atomic E-state index is 11.8. The molecule has 0 heterocycles. The van der Waals surface area contributed by atoms with E-state index in [1.165, 1.54) is 6.08 Å². The van der Waals surface area contributed by atoms with Crippen LogP contribution in [0.4, 0.5) is 5.69 Å². The predicted molar refractivity (Wildman–Crippen MR) is 91.2 cm³/mol. The van der Waals surface area contributed by atoms with Crippen molar-refractivity contribution in [2.75, 3.05) is 11.9 Å². The summed E-state index contributed by atoms with van der Waals surface area (Å²) in [5.41, 5.74) is 1.30. The first-order valence-electron chi connectivity index (χ1n) is 6.91. The Kier molecular flexibility index (Phi) is 5.96. The van der Waals surface area contributed by atoms with E-state index < -0.39 is 0 Å². The van der Waals surface area contributed by atoms with Gasteiger partial charge in [0.1, 0.15) is 23.5 Å². The van der Waals surface area contributed by atoms with Gasteiger partial charge >= 0.3 is 0 Å². The van der Waals surface area contributed by atoms with Gasteiger partial charge in [0.15, 0.2) is 6.61 Å². The number of nitrogens with zero attached hydrogens (tertiary/aromatic N) is 2. The molecule has 0 saturated carbocycles. The predicted octanol–water partition coefficient (Wildman–Crippen LogP) is 3.79. The van der Waals surface area contributed by atoms with E-state index in [9.17, 15) is 4.79 Å². The molecule has 0 spiro atoms. The number of allylic oxidation sites excluding steroid dienone is 1. The van der Waals surface area contributed by atoms with E-state index in [1.807, 2.05) is 0 Å². The van der Waals surface area contributed by atoms with Crippen molar-refractivity contribution in [2.24, 2.45) is 0 Å². The van der Waals surface area contributed by atoms with Crippen LogP contribution in [0.25, 0.3) is 6.08 Å². The highest BCUT2D eigenvalue weighted by atomic mass is 35.5. The lowest BCUT2D eigenvalue weighted by Gasteiger charge is -2.08. The van der Waals surface area contributed by atoms with Crippen molar-refractivity contribution < 1.29 is 9.53 Å². The highest BCUT2D eigenvalue weighted by Crippen LogP contribution is 2.16. The molecule has 24 heavy (non-hydrogen) atoms. The van der Waals surface area contributed by atoms with Gasteiger partial charge in [-0.3, -0.25) is 4.79 Å². The van der Waals surface area contributed by atoms with Gasteiger partial charge in [0.2, 0.25) is 0 Å². The molecule has 1 amide bonds. The van der Waals surface area contributed by atoms with E-state index >= 15 is 0 Å². The molecule has 0 radical (unpaired) electrons. The molecule has 0 aliphatic carbocycles. The van der Waals surface area contributed by atoms with Crippen LogP contribution in [0.5, 0.6) is 5.75 Å². The van der Waals surface area contributed by atoms with Crippen LogP contribution in [0.15, 0.2) is 54.1 Å². The van der Waals surface area contributed by atoms with Gasteiger partial charge in [-0.2, -0.15) is 10.5 Å². The number of halogens is 1. The summed E-state index contributed by atoms with van der Waals surface area (Å²) in [7, 11) is 0. The lowest BCUT2D eigenvalue weighted by Crippen LogP contribution is -2.20. The maximum Gasteiger partial charge on any atom is 0.262 e. The number of carbonyl (C=O) groups excluding carboxylic acids is 1. The van der Waals surface area contributed by atoms with Crippen LogP contribution in [0.1, 0.15) is 5.56 Å². The van der Waals surface area contributed by atoms with Crippen LogP contribution in [0.2, 0.25) is 5.02 Å². The van der Waals surface area contributed by atoms with Gasteiger partial charge in [-0.05, 0) is 48.0 Å². The molecule has 0 bridgehead atoms. The molecule has 2 aromatic carbocycles. The zero-order valence-electron chi connectivity index (χ0n) is 12.5. The van der Waals surface area contributed by atoms with Crippen molar-refractivity contribution in [2.45, 2.75) is 0 Å². The second-order valence-electron chi connectivity index (χ2n) is 4.69. The van der Waals surface area contributed by atoms with Crippen molar-refractivity contribution in [3.05, 3.63) is 64.7 Å². The largest absolute Gasteiger partial charge is 0.484 e. The maximum atomic E-state index is 11.8. The fourth-order valence-electron chi connectivity index (χ4n) is 1.80. The van der Waals surface area contributed by atoms with Gasteiger partial charge < -0.3 is 10.1 Å². The van der Waals surface area contributed by atoms with Crippen molar-refractivity contribution in [1.29, 1.82) is 10.5 Å². The van der Waals surface area contributed by atoms with E-state index in [0.717, 1.165) is 0 Å². The van der Waals surface area contributed by atoms with Gasteiger partial charge in [-0.1, -0.05) is 23.7 Å². The number of amides is 1. The number of hydrogen-bond donors (Lipinski definition) is 1. The minimum absolute atomic E-state index is 0.0168. The number of rotatable bonds is 5. The van der Waals surface area contributed by atoms with Crippen molar-refractivity contribution in [1.82, 2.24) is 0 Å². The summed E-state index contributed by atoms with van der Waals surface area (Å²) >= 11 is 5.77. The van der Waals surface area contributed by atoms with Crippen molar-refractivity contribution >= 4 is 29.3 Å². The Morgan fingerprint density at radius 3 is 2.29 bits per heavy atom. The molecule has 0 aliphatic rings. The summed E-state index contributed by atoms with van der Waals surface area (Å²) < 4.78 is 5.35. The molecule has 0 unspecified atom stereocenters. The Bertz CT molecular complexity index is 813. The number of nitrogens with one attached hydrogen (secondary N) is 1. The second-order valence-corrected chi connectivity index (χ2v) is 5.13. The summed E-state index contributed by atoms with van der Waals surface area (Å²) in [4.78, 5) is 11.8. The molecule has 1 N–H and O–H groups in total. The lowest BCUT2D eigenvalue weighted by molar-refractivity contribution is -0.118. The standard InChI is InChI=1S/C18H12ClN3O2/c19-15-3-7-17(8-4-15)24-12-18(23)22-16-5-1-13(2-6-16)9-14(10-20)11-21/h1-9H,12H2,(H,22,23).